The van der Waals surface area contributed by atoms with E-state index < -0.39 is 5.41 Å². The van der Waals surface area contributed by atoms with E-state index >= 15 is 0 Å². The zero-order valence-electron chi connectivity index (χ0n) is 13.9. The Kier molecular flexibility index (Phi) is 4.39. The number of hydrogen-bond acceptors (Lipinski definition) is 3. The molecule has 0 aliphatic carbocycles. The summed E-state index contributed by atoms with van der Waals surface area (Å²) in [5.74, 6) is -0.173. The van der Waals surface area contributed by atoms with Crippen LogP contribution in [-0.2, 0) is 27.3 Å². The van der Waals surface area contributed by atoms with Crippen molar-refractivity contribution in [2.45, 2.75) is 26.8 Å². The van der Waals surface area contributed by atoms with Crippen LogP contribution in [0.2, 0.25) is 0 Å². The van der Waals surface area contributed by atoms with Gasteiger partial charge in [-0.05, 0) is 31.4 Å². The topological polar surface area (TPSA) is 49.9 Å². The van der Waals surface area contributed by atoms with Crippen LogP contribution in [0.4, 0.5) is 0 Å². The van der Waals surface area contributed by atoms with E-state index in [1.807, 2.05) is 17.0 Å². The lowest BCUT2D eigenvalue weighted by atomic mass is 9.88. The number of amides is 2. The molecule has 124 valence electrons. The first-order chi connectivity index (χ1) is 11.0. The minimum absolute atomic E-state index is 0.0801. The third kappa shape index (κ3) is 3.11. The number of carbonyl (C=O) groups excluding carboxylic acids is 2. The fourth-order valence-corrected chi connectivity index (χ4v) is 3.32. The highest BCUT2D eigenvalue weighted by molar-refractivity contribution is 6.04. The molecular formula is C18H24N2O3. The van der Waals surface area contributed by atoms with Gasteiger partial charge in [0.2, 0.25) is 11.8 Å². The number of fused-ring (bicyclic) bond motifs is 1. The summed E-state index contributed by atoms with van der Waals surface area (Å²) in [7, 11) is 0. The summed E-state index contributed by atoms with van der Waals surface area (Å²) in [5.41, 5.74) is 1.46. The first kappa shape index (κ1) is 16.0. The molecule has 0 atom stereocenters. The molecule has 0 aromatic heterocycles. The summed E-state index contributed by atoms with van der Waals surface area (Å²) < 4.78 is 5.29. The molecule has 5 heteroatoms. The molecule has 0 unspecified atom stereocenters. The summed E-state index contributed by atoms with van der Waals surface area (Å²) >= 11 is 0. The molecule has 0 spiro atoms. The van der Waals surface area contributed by atoms with E-state index in [9.17, 15) is 9.59 Å². The normalized spacial score (nSPS) is 18.5. The number of carbonyl (C=O) groups is 2. The van der Waals surface area contributed by atoms with Crippen LogP contribution < -0.4 is 0 Å². The predicted octanol–water partition coefficient (Wildman–Crippen LogP) is 1.46. The molecule has 2 heterocycles. The van der Waals surface area contributed by atoms with E-state index in [0.29, 0.717) is 39.4 Å². The van der Waals surface area contributed by atoms with Gasteiger partial charge in [0.25, 0.3) is 0 Å². The second kappa shape index (κ2) is 6.32. The van der Waals surface area contributed by atoms with Crippen molar-refractivity contribution in [3.05, 3.63) is 35.4 Å². The number of nitrogens with zero attached hydrogens (tertiary/aromatic N) is 2. The number of hydrogen-bond donors (Lipinski definition) is 0. The molecule has 2 amide bonds. The second-order valence-corrected chi connectivity index (χ2v) is 6.77. The van der Waals surface area contributed by atoms with Crippen molar-refractivity contribution in [2.75, 3.05) is 32.8 Å². The Hall–Kier alpha value is -1.88. The van der Waals surface area contributed by atoms with Crippen LogP contribution in [0.3, 0.4) is 0 Å². The van der Waals surface area contributed by atoms with Gasteiger partial charge in [-0.25, -0.2) is 0 Å². The smallest absolute Gasteiger partial charge is 0.238 e. The Morgan fingerprint density at radius 3 is 2.26 bits per heavy atom. The van der Waals surface area contributed by atoms with Gasteiger partial charge in [-0.15, -0.1) is 0 Å². The summed E-state index contributed by atoms with van der Waals surface area (Å²) in [4.78, 5) is 29.3. The third-order valence-electron chi connectivity index (χ3n) is 4.79. The summed E-state index contributed by atoms with van der Waals surface area (Å²) in [6.07, 6.45) is 0.851. The van der Waals surface area contributed by atoms with Crippen molar-refractivity contribution in [2.24, 2.45) is 5.41 Å². The van der Waals surface area contributed by atoms with Crippen molar-refractivity contribution in [3.8, 4) is 0 Å². The van der Waals surface area contributed by atoms with Crippen LogP contribution in [0.15, 0.2) is 24.3 Å². The van der Waals surface area contributed by atoms with E-state index in [2.05, 4.69) is 12.1 Å². The van der Waals surface area contributed by atoms with Gasteiger partial charge in [0.15, 0.2) is 0 Å². The standard InChI is InChI=1S/C18H24N2O3/c1-18(2,16(21)19-9-11-23-12-10-19)17(22)20-8-7-14-5-3-4-6-15(14)13-20/h3-6H,7-13H2,1-2H3. The molecule has 1 fully saturated rings. The number of benzene rings is 1. The largest absolute Gasteiger partial charge is 0.378 e. The molecule has 0 N–H and O–H groups in total. The summed E-state index contributed by atoms with van der Waals surface area (Å²) in [6.45, 7) is 6.99. The molecule has 1 aromatic carbocycles. The Bertz CT molecular complexity index is 606. The van der Waals surface area contributed by atoms with Crippen LogP contribution in [-0.4, -0.2) is 54.5 Å². The molecule has 2 aliphatic heterocycles. The number of morpholine rings is 1. The molecular weight excluding hydrogens is 292 g/mol. The maximum absolute atomic E-state index is 13.0. The van der Waals surface area contributed by atoms with E-state index in [0.717, 1.165) is 6.42 Å². The maximum Gasteiger partial charge on any atom is 0.238 e. The highest BCUT2D eigenvalue weighted by Crippen LogP contribution is 2.27. The zero-order valence-corrected chi connectivity index (χ0v) is 13.9. The fourth-order valence-electron chi connectivity index (χ4n) is 3.32. The predicted molar refractivity (Wildman–Crippen MR) is 86.7 cm³/mol. The van der Waals surface area contributed by atoms with E-state index in [1.165, 1.54) is 11.1 Å². The van der Waals surface area contributed by atoms with Crippen LogP contribution in [0, 0.1) is 5.41 Å². The van der Waals surface area contributed by atoms with Gasteiger partial charge >= 0.3 is 0 Å². The lowest BCUT2D eigenvalue weighted by Gasteiger charge is -2.38. The Labute approximate surface area is 137 Å². The van der Waals surface area contributed by atoms with Crippen molar-refractivity contribution in [1.29, 1.82) is 0 Å². The molecule has 1 saturated heterocycles. The highest BCUT2D eigenvalue weighted by atomic mass is 16.5. The summed E-state index contributed by atoms with van der Waals surface area (Å²) in [5, 5.41) is 0. The third-order valence-corrected chi connectivity index (χ3v) is 4.79. The van der Waals surface area contributed by atoms with Crippen molar-refractivity contribution in [1.82, 2.24) is 9.80 Å². The lowest BCUT2D eigenvalue weighted by molar-refractivity contribution is -0.157. The Morgan fingerprint density at radius 1 is 0.957 bits per heavy atom. The van der Waals surface area contributed by atoms with Crippen molar-refractivity contribution < 1.29 is 14.3 Å². The molecule has 5 nitrogen and oxygen atoms in total. The van der Waals surface area contributed by atoms with E-state index in [-0.39, 0.29) is 11.8 Å². The van der Waals surface area contributed by atoms with Crippen LogP contribution in [0.1, 0.15) is 25.0 Å². The minimum Gasteiger partial charge on any atom is -0.378 e. The molecule has 23 heavy (non-hydrogen) atoms. The molecule has 0 radical (unpaired) electrons. The van der Waals surface area contributed by atoms with Gasteiger partial charge in [0.05, 0.1) is 13.2 Å². The van der Waals surface area contributed by atoms with Gasteiger partial charge in [0.1, 0.15) is 5.41 Å². The Balaban J connectivity index is 1.72. The van der Waals surface area contributed by atoms with Crippen LogP contribution >= 0.6 is 0 Å². The monoisotopic (exact) mass is 316 g/mol. The van der Waals surface area contributed by atoms with Crippen LogP contribution in [0.5, 0.6) is 0 Å². The average Bonchev–Trinajstić information content (AvgIpc) is 2.60. The average molecular weight is 316 g/mol. The first-order valence-electron chi connectivity index (χ1n) is 8.23. The fraction of sp³-hybridized carbons (Fsp3) is 0.556. The molecule has 3 rings (SSSR count). The van der Waals surface area contributed by atoms with Gasteiger partial charge in [-0.2, -0.15) is 0 Å². The summed E-state index contributed by atoms with van der Waals surface area (Å²) in [6, 6.07) is 8.20. The quantitative estimate of drug-likeness (QED) is 0.776. The molecule has 2 aliphatic rings. The van der Waals surface area contributed by atoms with Crippen LogP contribution in [0.25, 0.3) is 0 Å². The molecule has 0 bridgehead atoms. The SMILES string of the molecule is CC(C)(C(=O)N1CCOCC1)C(=O)N1CCc2ccccc2C1. The molecule has 0 saturated carbocycles. The van der Waals surface area contributed by atoms with Crippen molar-refractivity contribution >= 4 is 11.8 Å². The maximum atomic E-state index is 13.0. The zero-order chi connectivity index (χ0) is 16.4. The van der Waals surface area contributed by atoms with Gasteiger partial charge in [-0.1, -0.05) is 24.3 Å². The highest BCUT2D eigenvalue weighted by Gasteiger charge is 2.42. The van der Waals surface area contributed by atoms with E-state index in [1.54, 1.807) is 18.7 Å². The van der Waals surface area contributed by atoms with Gasteiger partial charge < -0.3 is 14.5 Å². The van der Waals surface area contributed by atoms with E-state index in [4.69, 9.17) is 4.74 Å². The molecule has 1 aromatic rings. The van der Waals surface area contributed by atoms with Crippen molar-refractivity contribution in [3.63, 3.8) is 0 Å². The first-order valence-corrected chi connectivity index (χ1v) is 8.23. The number of ether oxygens (including phenoxy) is 1. The second-order valence-electron chi connectivity index (χ2n) is 6.77. The minimum atomic E-state index is -1.02. The Morgan fingerprint density at radius 2 is 1.57 bits per heavy atom. The number of rotatable bonds is 2. The van der Waals surface area contributed by atoms with Gasteiger partial charge in [0, 0.05) is 26.2 Å². The van der Waals surface area contributed by atoms with Gasteiger partial charge in [-0.3, -0.25) is 9.59 Å². The lowest BCUT2D eigenvalue weighted by Crippen LogP contribution is -2.54.